The number of hydrogen-bond acceptors (Lipinski definition) is 3. The van der Waals surface area contributed by atoms with Crippen molar-refractivity contribution in [2.45, 2.75) is 13.5 Å². The van der Waals surface area contributed by atoms with Crippen molar-refractivity contribution in [3.63, 3.8) is 0 Å². The fourth-order valence-electron chi connectivity index (χ4n) is 0.998. The molecular weight excluding hydrogens is 208 g/mol. The van der Waals surface area contributed by atoms with Crippen LogP contribution in [0.15, 0.2) is 30.5 Å². The van der Waals surface area contributed by atoms with Crippen LogP contribution in [0.25, 0.3) is 0 Å². The summed E-state index contributed by atoms with van der Waals surface area (Å²) < 4.78 is 0. The van der Waals surface area contributed by atoms with E-state index in [1.165, 1.54) is 0 Å². The topological polar surface area (TPSA) is 79.3 Å². The fraction of sp³-hybridized carbons (Fsp3) is 0.182. The molecule has 1 aromatic rings. The number of nitrogens with zero attached hydrogens (tertiary/aromatic N) is 1. The van der Waals surface area contributed by atoms with Crippen LogP contribution in [0.1, 0.15) is 11.3 Å². The quantitative estimate of drug-likeness (QED) is 0.730. The van der Waals surface area contributed by atoms with Crippen molar-refractivity contribution in [1.29, 1.82) is 0 Å². The van der Waals surface area contributed by atoms with E-state index in [2.05, 4.69) is 10.3 Å². The SMILES string of the molecule is Cc1ccc(CNC(=O)C=CC(=O)O)cn1. The normalized spacial score (nSPS) is 10.3. The van der Waals surface area contributed by atoms with Gasteiger partial charge in [-0.2, -0.15) is 0 Å². The van der Waals surface area contributed by atoms with Crippen LogP contribution in [-0.2, 0) is 16.1 Å². The lowest BCUT2D eigenvalue weighted by Crippen LogP contribution is -2.20. The van der Waals surface area contributed by atoms with Crippen molar-refractivity contribution in [2.75, 3.05) is 0 Å². The first kappa shape index (κ1) is 11.9. The Morgan fingerprint density at radius 2 is 2.19 bits per heavy atom. The molecule has 0 radical (unpaired) electrons. The van der Waals surface area contributed by atoms with Gasteiger partial charge in [0.15, 0.2) is 0 Å². The standard InChI is InChI=1S/C11H12N2O3/c1-8-2-3-9(6-12-8)7-13-10(14)4-5-11(15)16/h2-6H,7H2,1H3,(H,13,14)(H,15,16). The smallest absolute Gasteiger partial charge is 0.328 e. The minimum Gasteiger partial charge on any atom is -0.478 e. The van der Waals surface area contributed by atoms with Crippen LogP contribution in [0.2, 0.25) is 0 Å². The third-order valence-electron chi connectivity index (χ3n) is 1.82. The van der Waals surface area contributed by atoms with Crippen molar-refractivity contribution in [3.05, 3.63) is 41.7 Å². The summed E-state index contributed by atoms with van der Waals surface area (Å²) in [6.45, 7) is 2.20. The van der Waals surface area contributed by atoms with E-state index in [4.69, 9.17) is 5.11 Å². The first-order valence-corrected chi connectivity index (χ1v) is 4.68. The Kier molecular flexibility index (Phi) is 4.20. The van der Waals surface area contributed by atoms with Crippen molar-refractivity contribution in [2.24, 2.45) is 0 Å². The maximum atomic E-state index is 11.1. The number of rotatable bonds is 4. The van der Waals surface area contributed by atoms with Crippen molar-refractivity contribution >= 4 is 11.9 Å². The van der Waals surface area contributed by atoms with E-state index in [-0.39, 0.29) is 0 Å². The molecule has 2 N–H and O–H groups in total. The van der Waals surface area contributed by atoms with Gasteiger partial charge in [-0.05, 0) is 18.6 Å². The minimum atomic E-state index is -1.15. The second-order valence-corrected chi connectivity index (χ2v) is 3.20. The highest BCUT2D eigenvalue weighted by Gasteiger charge is 1.97. The zero-order valence-corrected chi connectivity index (χ0v) is 8.80. The lowest BCUT2D eigenvalue weighted by molar-refractivity contribution is -0.131. The number of aromatic nitrogens is 1. The number of aryl methyl sites for hydroxylation is 1. The van der Waals surface area contributed by atoms with E-state index in [1.54, 1.807) is 6.20 Å². The summed E-state index contributed by atoms with van der Waals surface area (Å²) in [7, 11) is 0. The van der Waals surface area contributed by atoms with Crippen LogP contribution in [0.4, 0.5) is 0 Å². The molecule has 0 aliphatic carbocycles. The summed E-state index contributed by atoms with van der Waals surface area (Å²) in [6.07, 6.45) is 3.43. The van der Waals surface area contributed by atoms with Gasteiger partial charge in [0.1, 0.15) is 0 Å². The molecule has 1 amide bonds. The van der Waals surface area contributed by atoms with Gasteiger partial charge in [0.05, 0.1) is 0 Å². The number of amides is 1. The Hall–Kier alpha value is -2.17. The molecule has 0 atom stereocenters. The van der Waals surface area contributed by atoms with E-state index in [9.17, 15) is 9.59 Å². The predicted octanol–water partition coefficient (Wildman–Crippen LogP) is 0.647. The molecule has 16 heavy (non-hydrogen) atoms. The van der Waals surface area contributed by atoms with Gasteiger partial charge >= 0.3 is 5.97 Å². The highest BCUT2D eigenvalue weighted by atomic mass is 16.4. The Balaban J connectivity index is 2.43. The highest BCUT2D eigenvalue weighted by Crippen LogP contribution is 1.98. The number of nitrogens with one attached hydrogen (secondary N) is 1. The summed E-state index contributed by atoms with van der Waals surface area (Å²) in [5.41, 5.74) is 1.77. The second-order valence-electron chi connectivity index (χ2n) is 3.20. The lowest BCUT2D eigenvalue weighted by atomic mass is 10.2. The van der Waals surface area contributed by atoms with Crippen LogP contribution in [0.5, 0.6) is 0 Å². The van der Waals surface area contributed by atoms with Gasteiger partial charge in [0, 0.05) is 30.6 Å². The molecule has 5 nitrogen and oxygen atoms in total. The Morgan fingerprint density at radius 3 is 2.75 bits per heavy atom. The molecule has 0 saturated carbocycles. The van der Waals surface area contributed by atoms with Gasteiger partial charge in [-0.25, -0.2) is 4.79 Å². The molecule has 0 aliphatic rings. The lowest BCUT2D eigenvalue weighted by Gasteiger charge is -2.01. The number of aliphatic carboxylic acids is 1. The average molecular weight is 220 g/mol. The first-order valence-electron chi connectivity index (χ1n) is 4.68. The predicted molar refractivity (Wildman–Crippen MR) is 57.6 cm³/mol. The van der Waals surface area contributed by atoms with Crippen LogP contribution < -0.4 is 5.32 Å². The number of hydrogen-bond donors (Lipinski definition) is 2. The van der Waals surface area contributed by atoms with Crippen molar-refractivity contribution in [1.82, 2.24) is 10.3 Å². The molecule has 0 aromatic carbocycles. The number of carbonyl (C=O) groups is 2. The Labute approximate surface area is 92.8 Å². The number of carboxylic acids is 1. The van der Waals surface area contributed by atoms with Crippen molar-refractivity contribution < 1.29 is 14.7 Å². The summed E-state index contributed by atoms with van der Waals surface area (Å²) in [4.78, 5) is 25.3. The maximum absolute atomic E-state index is 11.1. The van der Waals surface area contributed by atoms with Crippen LogP contribution in [-0.4, -0.2) is 22.0 Å². The second kappa shape index (κ2) is 5.65. The molecular formula is C11H12N2O3. The van der Waals surface area contributed by atoms with E-state index in [0.717, 1.165) is 23.4 Å². The van der Waals surface area contributed by atoms with Crippen molar-refractivity contribution in [3.8, 4) is 0 Å². The summed E-state index contributed by atoms with van der Waals surface area (Å²) in [5.74, 6) is -1.59. The largest absolute Gasteiger partial charge is 0.478 e. The molecule has 0 fully saturated rings. The molecule has 0 aliphatic heterocycles. The number of carbonyl (C=O) groups excluding carboxylic acids is 1. The van der Waals surface area contributed by atoms with Gasteiger partial charge in [0.25, 0.3) is 0 Å². The van der Waals surface area contributed by atoms with Gasteiger partial charge in [-0.1, -0.05) is 6.07 Å². The summed E-state index contributed by atoms with van der Waals surface area (Å²) in [5, 5.41) is 10.8. The third kappa shape index (κ3) is 4.36. The van der Waals surface area contributed by atoms with Gasteiger partial charge in [-0.3, -0.25) is 9.78 Å². The fourth-order valence-corrected chi connectivity index (χ4v) is 0.998. The molecule has 1 heterocycles. The van der Waals surface area contributed by atoms with E-state index < -0.39 is 11.9 Å². The van der Waals surface area contributed by atoms with Gasteiger partial charge in [0.2, 0.25) is 5.91 Å². The van der Waals surface area contributed by atoms with E-state index in [0.29, 0.717) is 6.54 Å². The van der Waals surface area contributed by atoms with Crippen LogP contribution in [0.3, 0.4) is 0 Å². The van der Waals surface area contributed by atoms with Gasteiger partial charge < -0.3 is 10.4 Å². The van der Waals surface area contributed by atoms with E-state index >= 15 is 0 Å². The number of carboxylic acid groups (broad SMARTS) is 1. The molecule has 84 valence electrons. The molecule has 5 heteroatoms. The molecule has 0 unspecified atom stereocenters. The Morgan fingerprint density at radius 1 is 1.44 bits per heavy atom. The first-order chi connectivity index (χ1) is 7.58. The molecule has 1 rings (SSSR count). The van der Waals surface area contributed by atoms with Crippen LogP contribution >= 0.6 is 0 Å². The van der Waals surface area contributed by atoms with E-state index in [1.807, 2.05) is 19.1 Å². The molecule has 0 spiro atoms. The Bertz CT molecular complexity index is 410. The van der Waals surface area contributed by atoms with Gasteiger partial charge in [-0.15, -0.1) is 0 Å². The maximum Gasteiger partial charge on any atom is 0.328 e. The molecule has 0 bridgehead atoms. The highest BCUT2D eigenvalue weighted by molar-refractivity contribution is 5.93. The average Bonchev–Trinajstić information content (AvgIpc) is 2.25. The molecule has 1 aromatic heterocycles. The summed E-state index contributed by atoms with van der Waals surface area (Å²) in [6, 6.07) is 3.69. The minimum absolute atomic E-state index is 0.329. The molecule has 0 saturated heterocycles. The number of pyridine rings is 1. The van der Waals surface area contributed by atoms with Crippen LogP contribution in [0, 0.1) is 6.92 Å². The summed E-state index contributed by atoms with van der Waals surface area (Å²) >= 11 is 0. The monoisotopic (exact) mass is 220 g/mol. The third-order valence-corrected chi connectivity index (χ3v) is 1.82. The zero-order valence-electron chi connectivity index (χ0n) is 8.80. The zero-order chi connectivity index (χ0) is 12.0.